The average molecular weight is 328 g/mol. The maximum absolute atomic E-state index is 6.01. The van der Waals surface area contributed by atoms with Gasteiger partial charge in [-0.15, -0.1) is 0 Å². The number of hydrogen-bond donors (Lipinski definition) is 0. The fraction of sp³-hybridized carbons (Fsp3) is 0.375. The van der Waals surface area contributed by atoms with Crippen molar-refractivity contribution in [2.75, 3.05) is 23.8 Å². The molecule has 2 nitrogen and oxygen atoms in total. The summed E-state index contributed by atoms with van der Waals surface area (Å²) in [4.78, 5) is 6.23. The first-order chi connectivity index (χ1) is 6.15. The van der Waals surface area contributed by atoms with E-state index >= 15 is 0 Å². The van der Waals surface area contributed by atoms with Gasteiger partial charge in [-0.05, 0) is 22.0 Å². The minimum Gasteiger partial charge on any atom is -0.358 e. The Kier molecular flexibility index (Phi) is 4.49. The smallest absolute Gasteiger partial charge is 0.147 e. The van der Waals surface area contributed by atoms with E-state index in [9.17, 15) is 0 Å². The predicted molar refractivity (Wildman–Crippen MR) is 64.0 cm³/mol. The number of pyridine rings is 1. The van der Waals surface area contributed by atoms with Crippen molar-refractivity contribution in [2.24, 2.45) is 0 Å². The maximum atomic E-state index is 6.01. The van der Waals surface area contributed by atoms with Crippen molar-refractivity contribution < 1.29 is 0 Å². The van der Waals surface area contributed by atoms with E-state index in [0.717, 1.165) is 22.2 Å². The zero-order valence-electron chi connectivity index (χ0n) is 7.10. The van der Waals surface area contributed by atoms with Crippen LogP contribution in [0.1, 0.15) is 0 Å². The third kappa shape index (κ3) is 3.11. The zero-order chi connectivity index (χ0) is 9.84. The lowest BCUT2D eigenvalue weighted by Crippen LogP contribution is -2.20. The van der Waals surface area contributed by atoms with Crippen molar-refractivity contribution >= 4 is 49.3 Å². The highest BCUT2D eigenvalue weighted by Gasteiger charge is 2.06. The van der Waals surface area contributed by atoms with Crippen molar-refractivity contribution in [3.63, 3.8) is 0 Å². The van der Waals surface area contributed by atoms with Gasteiger partial charge in [-0.1, -0.05) is 27.5 Å². The lowest BCUT2D eigenvalue weighted by Gasteiger charge is -2.17. The van der Waals surface area contributed by atoms with Crippen LogP contribution >= 0.6 is 43.5 Å². The van der Waals surface area contributed by atoms with Gasteiger partial charge in [0.2, 0.25) is 0 Å². The van der Waals surface area contributed by atoms with Crippen molar-refractivity contribution in [3.05, 3.63) is 21.8 Å². The van der Waals surface area contributed by atoms with E-state index in [1.165, 1.54) is 0 Å². The standard InChI is InChI=1S/C8H9Br2ClN2/c1-13(3-2-9)8-7(11)4-6(10)5-12-8/h4-5H,2-3H2,1H3. The van der Waals surface area contributed by atoms with Crippen LogP contribution in [-0.2, 0) is 0 Å². The number of alkyl halides is 1. The van der Waals surface area contributed by atoms with E-state index in [4.69, 9.17) is 11.6 Å². The number of rotatable bonds is 3. The Labute approximate surface area is 99.5 Å². The molecule has 0 N–H and O–H groups in total. The molecule has 0 aliphatic carbocycles. The summed E-state index contributed by atoms with van der Waals surface area (Å²) in [6.07, 6.45) is 1.74. The largest absolute Gasteiger partial charge is 0.358 e. The Balaban J connectivity index is 2.88. The van der Waals surface area contributed by atoms with Gasteiger partial charge in [-0.3, -0.25) is 0 Å². The molecule has 0 radical (unpaired) electrons. The Morgan fingerprint density at radius 3 is 2.85 bits per heavy atom. The molecule has 1 aromatic heterocycles. The summed E-state index contributed by atoms with van der Waals surface area (Å²) in [6, 6.07) is 1.84. The highest BCUT2D eigenvalue weighted by Crippen LogP contribution is 2.25. The molecule has 0 saturated carbocycles. The van der Waals surface area contributed by atoms with E-state index in [-0.39, 0.29) is 0 Å². The monoisotopic (exact) mass is 326 g/mol. The summed E-state index contributed by atoms with van der Waals surface area (Å²) in [5.41, 5.74) is 0. The van der Waals surface area contributed by atoms with E-state index in [1.54, 1.807) is 6.20 Å². The van der Waals surface area contributed by atoms with E-state index < -0.39 is 0 Å². The average Bonchev–Trinajstić information content (AvgIpc) is 2.04. The van der Waals surface area contributed by atoms with Gasteiger partial charge in [0.15, 0.2) is 0 Å². The summed E-state index contributed by atoms with van der Waals surface area (Å²) in [5.74, 6) is 0.810. The van der Waals surface area contributed by atoms with Crippen LogP contribution in [-0.4, -0.2) is 23.9 Å². The Hall–Kier alpha value is 0.200. The van der Waals surface area contributed by atoms with Crippen LogP contribution in [0.3, 0.4) is 0 Å². The van der Waals surface area contributed by atoms with Crippen molar-refractivity contribution in [1.29, 1.82) is 0 Å². The second kappa shape index (κ2) is 5.17. The zero-order valence-corrected chi connectivity index (χ0v) is 11.0. The molecule has 0 aliphatic rings. The quantitative estimate of drug-likeness (QED) is 0.791. The lowest BCUT2D eigenvalue weighted by atomic mass is 10.4. The molecule has 0 bridgehead atoms. The molecule has 0 saturated heterocycles. The van der Waals surface area contributed by atoms with Gasteiger partial charge in [-0.2, -0.15) is 0 Å². The first-order valence-electron chi connectivity index (χ1n) is 3.73. The second-order valence-corrected chi connectivity index (χ2v) is 4.69. The highest BCUT2D eigenvalue weighted by atomic mass is 79.9. The molecule has 0 unspecified atom stereocenters. The van der Waals surface area contributed by atoms with Gasteiger partial charge in [-0.25, -0.2) is 4.98 Å². The predicted octanol–water partition coefficient (Wildman–Crippen LogP) is 3.33. The Morgan fingerprint density at radius 1 is 1.62 bits per heavy atom. The van der Waals surface area contributed by atoms with E-state index in [1.807, 2.05) is 18.0 Å². The van der Waals surface area contributed by atoms with Crippen LogP contribution in [0.4, 0.5) is 5.82 Å². The van der Waals surface area contributed by atoms with Crippen LogP contribution in [0.25, 0.3) is 0 Å². The normalized spacial score (nSPS) is 10.2. The Bertz CT molecular complexity index is 293. The van der Waals surface area contributed by atoms with Crippen LogP contribution < -0.4 is 4.90 Å². The molecule has 5 heteroatoms. The SMILES string of the molecule is CN(CCBr)c1ncc(Br)cc1Cl. The van der Waals surface area contributed by atoms with Crippen molar-refractivity contribution in [2.45, 2.75) is 0 Å². The third-order valence-corrected chi connectivity index (χ3v) is 2.64. The van der Waals surface area contributed by atoms with Gasteiger partial charge in [0.05, 0.1) is 5.02 Å². The molecule has 13 heavy (non-hydrogen) atoms. The van der Waals surface area contributed by atoms with Gasteiger partial charge in [0, 0.05) is 29.6 Å². The molecule has 0 fully saturated rings. The molecule has 1 rings (SSSR count). The van der Waals surface area contributed by atoms with Crippen molar-refractivity contribution in [1.82, 2.24) is 4.98 Å². The molecule has 0 amide bonds. The second-order valence-electron chi connectivity index (χ2n) is 2.57. The van der Waals surface area contributed by atoms with Crippen LogP contribution in [0.2, 0.25) is 5.02 Å². The number of aromatic nitrogens is 1. The van der Waals surface area contributed by atoms with Crippen LogP contribution in [0.15, 0.2) is 16.7 Å². The highest BCUT2D eigenvalue weighted by molar-refractivity contribution is 9.10. The number of nitrogens with zero attached hydrogens (tertiary/aromatic N) is 2. The molecule has 1 aromatic rings. The third-order valence-electron chi connectivity index (χ3n) is 1.57. The number of halogens is 3. The molecule has 0 aliphatic heterocycles. The fourth-order valence-electron chi connectivity index (χ4n) is 0.921. The minimum atomic E-state index is 0.665. The van der Waals surface area contributed by atoms with Gasteiger partial charge in [0.1, 0.15) is 5.82 Å². The summed E-state index contributed by atoms with van der Waals surface area (Å²) in [7, 11) is 1.96. The fourth-order valence-corrected chi connectivity index (χ4v) is 2.23. The Morgan fingerprint density at radius 2 is 2.31 bits per heavy atom. The first-order valence-corrected chi connectivity index (χ1v) is 6.02. The molecule has 0 aromatic carbocycles. The molecular formula is C8H9Br2ClN2. The number of hydrogen-bond acceptors (Lipinski definition) is 2. The minimum absolute atomic E-state index is 0.665. The molecular weight excluding hydrogens is 319 g/mol. The van der Waals surface area contributed by atoms with Gasteiger partial charge in [0.25, 0.3) is 0 Å². The molecule has 0 atom stereocenters. The molecule has 72 valence electrons. The van der Waals surface area contributed by atoms with Crippen LogP contribution in [0, 0.1) is 0 Å². The lowest BCUT2D eigenvalue weighted by molar-refractivity contribution is 0.949. The summed E-state index contributed by atoms with van der Waals surface area (Å²) < 4.78 is 0.897. The molecule has 1 heterocycles. The van der Waals surface area contributed by atoms with Crippen LogP contribution in [0.5, 0.6) is 0 Å². The first kappa shape index (κ1) is 11.3. The topological polar surface area (TPSA) is 16.1 Å². The summed E-state index contributed by atoms with van der Waals surface area (Å²) in [6.45, 7) is 0.883. The van der Waals surface area contributed by atoms with E-state index in [2.05, 4.69) is 36.8 Å². The summed E-state index contributed by atoms with van der Waals surface area (Å²) >= 11 is 12.7. The summed E-state index contributed by atoms with van der Waals surface area (Å²) in [5, 5.41) is 1.57. The maximum Gasteiger partial charge on any atom is 0.147 e. The van der Waals surface area contributed by atoms with Gasteiger partial charge < -0.3 is 4.90 Å². The van der Waals surface area contributed by atoms with Gasteiger partial charge >= 0.3 is 0 Å². The van der Waals surface area contributed by atoms with E-state index in [0.29, 0.717) is 5.02 Å². The molecule has 0 spiro atoms. The number of anilines is 1. The van der Waals surface area contributed by atoms with Crippen molar-refractivity contribution in [3.8, 4) is 0 Å².